The van der Waals surface area contributed by atoms with Gasteiger partial charge in [-0.05, 0) is 31.0 Å². The molecule has 0 radical (unpaired) electrons. The SMILES string of the molecule is Cc1ccc(C(C[SiH2]Cl)c2ccc(C)cc2)cc1. The van der Waals surface area contributed by atoms with E-state index in [0.717, 1.165) is 6.04 Å². The topological polar surface area (TPSA) is 0 Å². The summed E-state index contributed by atoms with van der Waals surface area (Å²) in [5.41, 5.74) is 5.39. The van der Waals surface area contributed by atoms with Gasteiger partial charge in [0.15, 0.2) is 0 Å². The van der Waals surface area contributed by atoms with Crippen molar-refractivity contribution >= 4 is 19.9 Å². The van der Waals surface area contributed by atoms with Crippen LogP contribution in [0.5, 0.6) is 0 Å². The van der Waals surface area contributed by atoms with Crippen LogP contribution in [0.4, 0.5) is 0 Å². The second-order valence-electron chi connectivity index (χ2n) is 4.85. The van der Waals surface area contributed by atoms with Crippen LogP contribution in [0.2, 0.25) is 6.04 Å². The summed E-state index contributed by atoms with van der Waals surface area (Å²) in [5.74, 6) is 0.468. The summed E-state index contributed by atoms with van der Waals surface area (Å²) in [4.78, 5) is 0. The average Bonchev–Trinajstić information content (AvgIpc) is 2.39. The van der Waals surface area contributed by atoms with E-state index >= 15 is 0 Å². The molecule has 0 N–H and O–H groups in total. The highest BCUT2D eigenvalue weighted by Crippen LogP contribution is 2.29. The second-order valence-corrected chi connectivity index (χ2v) is 6.94. The quantitative estimate of drug-likeness (QED) is 0.580. The molecule has 0 saturated heterocycles. The molecule has 2 aromatic carbocycles. The average molecular weight is 275 g/mol. The van der Waals surface area contributed by atoms with Gasteiger partial charge in [0.25, 0.3) is 0 Å². The molecule has 0 bridgehead atoms. The van der Waals surface area contributed by atoms with Gasteiger partial charge in [-0.15, -0.1) is 0 Å². The van der Waals surface area contributed by atoms with Gasteiger partial charge in [-0.1, -0.05) is 59.7 Å². The van der Waals surface area contributed by atoms with E-state index in [1.165, 1.54) is 22.3 Å². The van der Waals surface area contributed by atoms with Crippen molar-refractivity contribution in [2.45, 2.75) is 25.8 Å². The van der Waals surface area contributed by atoms with E-state index in [4.69, 9.17) is 11.1 Å². The van der Waals surface area contributed by atoms with Crippen molar-refractivity contribution in [3.63, 3.8) is 0 Å². The Morgan fingerprint density at radius 1 is 0.833 bits per heavy atom. The van der Waals surface area contributed by atoms with E-state index in [1.807, 2.05) is 0 Å². The molecule has 0 aliphatic rings. The van der Waals surface area contributed by atoms with Gasteiger partial charge in [0.2, 0.25) is 0 Å². The van der Waals surface area contributed by atoms with E-state index in [0.29, 0.717) is 5.92 Å². The molecule has 0 aromatic heterocycles. The maximum Gasteiger partial charge on any atom is 0.126 e. The highest BCUT2D eigenvalue weighted by molar-refractivity contribution is 6.93. The van der Waals surface area contributed by atoms with Crippen molar-refractivity contribution in [2.24, 2.45) is 0 Å². The van der Waals surface area contributed by atoms with Crippen LogP contribution < -0.4 is 0 Å². The molecule has 0 unspecified atom stereocenters. The molecule has 0 atom stereocenters. The van der Waals surface area contributed by atoms with Crippen molar-refractivity contribution in [1.82, 2.24) is 0 Å². The number of hydrogen-bond acceptors (Lipinski definition) is 0. The molecule has 0 nitrogen and oxygen atoms in total. The number of aryl methyl sites for hydroxylation is 2. The van der Waals surface area contributed by atoms with Gasteiger partial charge in [0.05, 0.1) is 0 Å². The molecule has 0 aliphatic heterocycles. The molecule has 2 aromatic rings. The second kappa shape index (κ2) is 6.21. The van der Waals surface area contributed by atoms with Gasteiger partial charge in [0.1, 0.15) is 8.83 Å². The normalized spacial score (nSPS) is 11.6. The molecule has 0 fully saturated rings. The first-order valence-corrected chi connectivity index (χ1v) is 9.53. The lowest BCUT2D eigenvalue weighted by Gasteiger charge is -2.17. The standard InChI is InChI=1S/C16H19ClSi/c1-12-3-7-14(8-4-12)16(11-18-17)15-9-5-13(2)6-10-15/h3-10,16H,11,18H2,1-2H3. The zero-order valence-corrected chi connectivity index (χ0v) is 13.2. The van der Waals surface area contributed by atoms with Gasteiger partial charge < -0.3 is 0 Å². The Morgan fingerprint density at radius 2 is 1.22 bits per heavy atom. The molecule has 2 rings (SSSR count). The Labute approximate surface area is 117 Å². The van der Waals surface area contributed by atoms with E-state index in [2.05, 4.69) is 62.4 Å². The Morgan fingerprint density at radius 3 is 1.56 bits per heavy atom. The van der Waals surface area contributed by atoms with E-state index in [1.54, 1.807) is 0 Å². The van der Waals surface area contributed by atoms with Gasteiger partial charge in [-0.25, -0.2) is 0 Å². The fourth-order valence-corrected chi connectivity index (χ4v) is 3.77. The zero-order chi connectivity index (χ0) is 13.0. The Balaban J connectivity index is 2.33. The predicted octanol–water partition coefficient (Wildman–Crippen LogP) is 4.18. The molecule has 0 aliphatic carbocycles. The summed E-state index contributed by atoms with van der Waals surface area (Å²) in [6.45, 7) is 4.25. The number of hydrogen-bond donors (Lipinski definition) is 0. The molecular weight excluding hydrogens is 256 g/mol. The van der Waals surface area contributed by atoms with Gasteiger partial charge in [0, 0.05) is 5.92 Å². The molecule has 0 spiro atoms. The zero-order valence-electron chi connectivity index (χ0n) is 11.0. The molecular formula is C16H19ClSi. The molecule has 0 heterocycles. The summed E-state index contributed by atoms with van der Waals surface area (Å²) >= 11 is 6.10. The van der Waals surface area contributed by atoms with Crippen LogP contribution >= 0.6 is 11.1 Å². The molecule has 0 saturated carbocycles. The predicted molar refractivity (Wildman–Crippen MR) is 83.4 cm³/mol. The van der Waals surface area contributed by atoms with Crippen LogP contribution in [0.15, 0.2) is 48.5 Å². The highest BCUT2D eigenvalue weighted by atomic mass is 35.6. The molecule has 0 amide bonds. The monoisotopic (exact) mass is 274 g/mol. The van der Waals surface area contributed by atoms with E-state index in [-0.39, 0.29) is 0 Å². The summed E-state index contributed by atoms with van der Waals surface area (Å²) < 4.78 is 0. The first-order valence-electron chi connectivity index (χ1n) is 6.40. The van der Waals surface area contributed by atoms with Crippen LogP contribution in [-0.2, 0) is 0 Å². The number of rotatable bonds is 4. The van der Waals surface area contributed by atoms with E-state index < -0.39 is 8.83 Å². The third-order valence-electron chi connectivity index (χ3n) is 3.36. The minimum atomic E-state index is -0.468. The first-order chi connectivity index (χ1) is 8.70. The Bertz CT molecular complexity index is 442. The Kier molecular flexibility index (Phi) is 4.62. The summed E-state index contributed by atoms with van der Waals surface area (Å²) in [5, 5.41) is 0. The molecule has 94 valence electrons. The summed E-state index contributed by atoms with van der Waals surface area (Å²) in [6.07, 6.45) is 0. The Hall–Kier alpha value is -1.05. The van der Waals surface area contributed by atoms with Crippen LogP contribution in [0.3, 0.4) is 0 Å². The van der Waals surface area contributed by atoms with Gasteiger partial charge in [-0.3, -0.25) is 0 Å². The van der Waals surface area contributed by atoms with Crippen molar-refractivity contribution < 1.29 is 0 Å². The largest absolute Gasteiger partial charge is 0.176 e. The first kappa shape index (κ1) is 13.4. The lowest BCUT2D eigenvalue weighted by atomic mass is 9.92. The lowest BCUT2D eigenvalue weighted by Crippen LogP contribution is -2.02. The maximum atomic E-state index is 6.10. The molecule has 18 heavy (non-hydrogen) atoms. The van der Waals surface area contributed by atoms with Gasteiger partial charge in [-0.2, -0.15) is 11.1 Å². The maximum absolute atomic E-state index is 6.10. The minimum Gasteiger partial charge on any atom is -0.176 e. The van der Waals surface area contributed by atoms with Crippen LogP contribution in [-0.4, -0.2) is 8.83 Å². The van der Waals surface area contributed by atoms with Crippen LogP contribution in [0.1, 0.15) is 28.2 Å². The third-order valence-corrected chi connectivity index (χ3v) is 4.81. The smallest absolute Gasteiger partial charge is 0.126 e. The lowest BCUT2D eigenvalue weighted by molar-refractivity contribution is 0.915. The van der Waals surface area contributed by atoms with Gasteiger partial charge >= 0.3 is 0 Å². The third kappa shape index (κ3) is 3.24. The fraction of sp³-hybridized carbons (Fsp3) is 0.250. The van der Waals surface area contributed by atoms with Crippen molar-refractivity contribution in [2.75, 3.05) is 0 Å². The van der Waals surface area contributed by atoms with Crippen molar-refractivity contribution in [3.05, 3.63) is 70.8 Å². The van der Waals surface area contributed by atoms with Crippen molar-refractivity contribution in [1.29, 1.82) is 0 Å². The fourth-order valence-electron chi connectivity index (χ4n) is 2.23. The number of halogens is 1. The van der Waals surface area contributed by atoms with Crippen LogP contribution in [0, 0.1) is 13.8 Å². The van der Waals surface area contributed by atoms with Crippen LogP contribution in [0.25, 0.3) is 0 Å². The number of benzene rings is 2. The summed E-state index contributed by atoms with van der Waals surface area (Å²) in [6, 6.07) is 18.8. The molecule has 2 heteroatoms. The minimum absolute atomic E-state index is 0.468. The summed E-state index contributed by atoms with van der Waals surface area (Å²) in [7, 11) is -0.468. The van der Waals surface area contributed by atoms with E-state index in [9.17, 15) is 0 Å². The van der Waals surface area contributed by atoms with Crippen molar-refractivity contribution in [3.8, 4) is 0 Å². The highest BCUT2D eigenvalue weighted by Gasteiger charge is 2.13.